The Morgan fingerprint density at radius 1 is 1.41 bits per heavy atom. The molecule has 1 aromatic rings. The van der Waals surface area contributed by atoms with Crippen LogP contribution in [0.25, 0.3) is 0 Å². The van der Waals surface area contributed by atoms with Crippen LogP contribution in [0.1, 0.15) is 24.9 Å². The number of nitrogens with two attached hydrogens (primary N) is 1. The summed E-state index contributed by atoms with van der Waals surface area (Å²) in [5.74, 6) is 0.133. The molecule has 0 aromatic heterocycles. The summed E-state index contributed by atoms with van der Waals surface area (Å²) in [7, 11) is 2.10. The minimum Gasteiger partial charge on any atom is -0.313 e. The molecule has 0 spiro atoms. The van der Waals surface area contributed by atoms with Crippen molar-refractivity contribution in [3.8, 4) is 6.07 Å². The van der Waals surface area contributed by atoms with Crippen LogP contribution in [-0.2, 0) is 0 Å². The monoisotopic (exact) mass is 229 g/mol. The molecular formula is C14H19N3. The fourth-order valence-corrected chi connectivity index (χ4v) is 2.74. The predicted molar refractivity (Wildman–Crippen MR) is 68.1 cm³/mol. The van der Waals surface area contributed by atoms with Gasteiger partial charge in [-0.1, -0.05) is 37.3 Å². The Morgan fingerprint density at radius 3 is 2.65 bits per heavy atom. The number of nitrogens with zero attached hydrogens (tertiary/aromatic N) is 2. The van der Waals surface area contributed by atoms with Crippen molar-refractivity contribution in [3.63, 3.8) is 0 Å². The van der Waals surface area contributed by atoms with Crippen LogP contribution < -0.4 is 5.73 Å². The number of hydrogen-bond acceptors (Lipinski definition) is 3. The molecule has 0 bridgehead atoms. The van der Waals surface area contributed by atoms with Crippen LogP contribution in [0.2, 0.25) is 0 Å². The molecule has 3 heteroatoms. The van der Waals surface area contributed by atoms with Crippen molar-refractivity contribution in [2.45, 2.75) is 24.9 Å². The van der Waals surface area contributed by atoms with Crippen molar-refractivity contribution in [1.29, 1.82) is 5.26 Å². The highest BCUT2D eigenvalue weighted by Gasteiger charge is 2.43. The van der Waals surface area contributed by atoms with E-state index in [0.717, 1.165) is 13.0 Å². The Labute approximate surface area is 103 Å². The highest BCUT2D eigenvalue weighted by molar-refractivity contribution is 5.24. The molecule has 1 aromatic carbocycles. The van der Waals surface area contributed by atoms with Crippen molar-refractivity contribution < 1.29 is 0 Å². The van der Waals surface area contributed by atoms with Gasteiger partial charge in [-0.25, -0.2) is 0 Å². The van der Waals surface area contributed by atoms with Gasteiger partial charge in [0.05, 0.1) is 6.07 Å². The van der Waals surface area contributed by atoms with Crippen LogP contribution in [-0.4, -0.2) is 24.0 Å². The second kappa shape index (κ2) is 4.48. The number of rotatable bonds is 1. The Morgan fingerprint density at radius 2 is 2.06 bits per heavy atom. The third kappa shape index (κ3) is 2.06. The molecule has 0 amide bonds. The van der Waals surface area contributed by atoms with E-state index >= 15 is 0 Å². The highest BCUT2D eigenvalue weighted by Crippen LogP contribution is 2.39. The topological polar surface area (TPSA) is 53.0 Å². The first kappa shape index (κ1) is 12.1. The summed E-state index contributed by atoms with van der Waals surface area (Å²) >= 11 is 0. The van der Waals surface area contributed by atoms with Crippen molar-refractivity contribution >= 4 is 0 Å². The van der Waals surface area contributed by atoms with E-state index in [9.17, 15) is 5.26 Å². The largest absolute Gasteiger partial charge is 0.313 e. The molecule has 2 rings (SSSR count). The maximum absolute atomic E-state index is 9.28. The van der Waals surface area contributed by atoms with E-state index in [4.69, 9.17) is 5.73 Å². The lowest BCUT2D eigenvalue weighted by Crippen LogP contribution is -2.55. The zero-order chi connectivity index (χ0) is 12.5. The van der Waals surface area contributed by atoms with Gasteiger partial charge in [-0.3, -0.25) is 4.90 Å². The van der Waals surface area contributed by atoms with E-state index < -0.39 is 5.54 Å². The van der Waals surface area contributed by atoms with Gasteiger partial charge in [0.2, 0.25) is 0 Å². The van der Waals surface area contributed by atoms with Crippen molar-refractivity contribution in [2.24, 2.45) is 11.7 Å². The third-order valence-corrected chi connectivity index (χ3v) is 3.99. The molecule has 17 heavy (non-hydrogen) atoms. The van der Waals surface area contributed by atoms with E-state index in [1.807, 2.05) is 18.2 Å². The van der Waals surface area contributed by atoms with Crippen LogP contribution in [0.3, 0.4) is 0 Å². The molecule has 3 nitrogen and oxygen atoms in total. The van der Waals surface area contributed by atoms with Crippen molar-refractivity contribution in [3.05, 3.63) is 35.9 Å². The predicted octanol–water partition coefficient (Wildman–Crippen LogP) is 1.92. The van der Waals surface area contributed by atoms with Gasteiger partial charge in [0.1, 0.15) is 5.54 Å². The first-order chi connectivity index (χ1) is 8.08. The van der Waals surface area contributed by atoms with Gasteiger partial charge in [-0.2, -0.15) is 5.26 Å². The average molecular weight is 229 g/mol. The SMILES string of the molecule is C[C@H]1[C@H](c2ccccc2)N(C)CC[C@@]1(N)C#N. The van der Waals surface area contributed by atoms with E-state index in [2.05, 4.69) is 37.1 Å². The zero-order valence-electron chi connectivity index (χ0n) is 10.4. The van der Waals surface area contributed by atoms with Gasteiger partial charge < -0.3 is 5.73 Å². The molecule has 90 valence electrons. The molecule has 1 aliphatic heterocycles. The molecule has 2 N–H and O–H groups in total. The quantitative estimate of drug-likeness (QED) is 0.800. The molecule has 0 aliphatic carbocycles. The summed E-state index contributed by atoms with van der Waals surface area (Å²) in [6.07, 6.45) is 0.741. The van der Waals surface area contributed by atoms with Crippen molar-refractivity contribution in [1.82, 2.24) is 4.90 Å². The van der Waals surface area contributed by atoms with Gasteiger partial charge in [-0.05, 0) is 19.0 Å². The van der Waals surface area contributed by atoms with Gasteiger partial charge in [0.25, 0.3) is 0 Å². The molecule has 0 unspecified atom stereocenters. The smallest absolute Gasteiger partial charge is 0.109 e. The molecule has 1 saturated heterocycles. The molecule has 1 aliphatic rings. The second-order valence-electron chi connectivity index (χ2n) is 5.03. The first-order valence-electron chi connectivity index (χ1n) is 6.04. The standard InChI is InChI=1S/C14H19N3/c1-11-13(12-6-4-3-5-7-12)17(2)9-8-14(11,16)10-15/h3-7,11,13H,8-9,16H2,1-2H3/t11-,13+,14+/m0/s1. The fourth-order valence-electron chi connectivity index (χ4n) is 2.74. The van der Waals surface area contributed by atoms with Crippen LogP contribution in [0.15, 0.2) is 30.3 Å². The van der Waals surface area contributed by atoms with Crippen molar-refractivity contribution in [2.75, 3.05) is 13.6 Å². The van der Waals surface area contributed by atoms with Crippen LogP contribution in [0, 0.1) is 17.2 Å². The molecule has 3 atom stereocenters. The summed E-state index contributed by atoms with van der Waals surface area (Å²) in [6.45, 7) is 2.95. The number of likely N-dealkylation sites (tertiary alicyclic amines) is 1. The lowest BCUT2D eigenvalue weighted by molar-refractivity contribution is 0.0845. The molecule has 1 fully saturated rings. The van der Waals surface area contributed by atoms with Crippen LogP contribution in [0.5, 0.6) is 0 Å². The Hall–Kier alpha value is -1.37. The fraction of sp³-hybridized carbons (Fsp3) is 0.500. The lowest BCUT2D eigenvalue weighted by atomic mass is 9.74. The minimum absolute atomic E-state index is 0.133. The number of benzene rings is 1. The second-order valence-corrected chi connectivity index (χ2v) is 5.03. The summed E-state index contributed by atoms with van der Waals surface area (Å²) in [5, 5.41) is 9.28. The van der Waals surface area contributed by atoms with Gasteiger partial charge in [0.15, 0.2) is 0 Å². The summed E-state index contributed by atoms with van der Waals surface area (Å²) in [6, 6.07) is 12.8. The Bertz CT molecular complexity index is 423. The summed E-state index contributed by atoms with van der Waals surface area (Å²) in [5.41, 5.74) is 6.75. The number of hydrogen-bond donors (Lipinski definition) is 1. The van der Waals surface area contributed by atoms with Crippen LogP contribution in [0.4, 0.5) is 0 Å². The van der Waals surface area contributed by atoms with Gasteiger partial charge in [-0.15, -0.1) is 0 Å². The highest BCUT2D eigenvalue weighted by atomic mass is 15.2. The number of piperidine rings is 1. The van der Waals surface area contributed by atoms with Gasteiger partial charge in [0, 0.05) is 18.5 Å². The lowest BCUT2D eigenvalue weighted by Gasteiger charge is -2.45. The number of nitriles is 1. The maximum atomic E-state index is 9.28. The van der Waals surface area contributed by atoms with E-state index in [1.54, 1.807) is 0 Å². The average Bonchev–Trinajstić information content (AvgIpc) is 2.36. The molecular weight excluding hydrogens is 210 g/mol. The zero-order valence-corrected chi connectivity index (χ0v) is 10.4. The molecule has 0 radical (unpaired) electrons. The van der Waals surface area contributed by atoms with E-state index in [-0.39, 0.29) is 12.0 Å². The van der Waals surface area contributed by atoms with E-state index in [1.165, 1.54) is 5.56 Å². The van der Waals surface area contributed by atoms with E-state index in [0.29, 0.717) is 0 Å². The normalized spacial score (nSPS) is 34.2. The first-order valence-corrected chi connectivity index (χ1v) is 6.04. The Kier molecular flexibility index (Phi) is 3.19. The Balaban J connectivity index is 2.35. The summed E-state index contributed by atoms with van der Waals surface area (Å²) < 4.78 is 0. The summed E-state index contributed by atoms with van der Waals surface area (Å²) in [4.78, 5) is 2.29. The minimum atomic E-state index is -0.701. The molecule has 0 saturated carbocycles. The molecule has 1 heterocycles. The van der Waals surface area contributed by atoms with Gasteiger partial charge >= 0.3 is 0 Å². The third-order valence-electron chi connectivity index (χ3n) is 3.99. The van der Waals surface area contributed by atoms with Crippen LogP contribution >= 0.6 is 0 Å². The maximum Gasteiger partial charge on any atom is 0.109 e.